The van der Waals surface area contributed by atoms with Crippen LogP contribution in [0, 0.1) is 0 Å². The van der Waals surface area contributed by atoms with Crippen molar-refractivity contribution < 1.29 is 26.3 Å². The average molecular weight is 292 g/mol. The summed E-state index contributed by atoms with van der Waals surface area (Å²) in [4.78, 5) is 0. The molecule has 1 rings (SSSR count). The van der Waals surface area contributed by atoms with E-state index in [-0.39, 0.29) is 5.02 Å². The molecule has 0 saturated heterocycles. The third-order valence-corrected chi connectivity index (χ3v) is 2.25. The van der Waals surface area contributed by atoms with Crippen LogP contribution in [0.15, 0.2) is 18.2 Å². The van der Waals surface area contributed by atoms with Gasteiger partial charge in [-0.3, -0.25) is 0 Å². The van der Waals surface area contributed by atoms with Gasteiger partial charge >= 0.3 is 12.4 Å². The van der Waals surface area contributed by atoms with Crippen LogP contribution in [0.5, 0.6) is 0 Å². The smallest absolute Gasteiger partial charge is 0.384 e. The Balaban J connectivity index is 2.83. The molecule has 1 nitrogen and oxygen atoms in total. The van der Waals surface area contributed by atoms with Crippen LogP contribution in [-0.4, -0.2) is 12.7 Å². The fourth-order valence-electron chi connectivity index (χ4n) is 1.24. The Hall–Kier alpha value is -1.11. The maximum atomic E-state index is 12.6. The first-order valence-corrected chi connectivity index (χ1v) is 5.15. The summed E-state index contributed by atoms with van der Waals surface area (Å²) in [6.07, 6.45) is -10.3. The zero-order valence-corrected chi connectivity index (χ0v) is 9.55. The van der Waals surface area contributed by atoms with Crippen molar-refractivity contribution >= 4 is 17.3 Å². The van der Waals surface area contributed by atoms with Crippen molar-refractivity contribution in [3.8, 4) is 0 Å². The average Bonchev–Trinajstić information content (AvgIpc) is 2.17. The third kappa shape index (κ3) is 4.64. The molecule has 8 heteroatoms. The molecule has 0 aliphatic rings. The van der Waals surface area contributed by atoms with Gasteiger partial charge in [-0.2, -0.15) is 26.3 Å². The van der Waals surface area contributed by atoms with E-state index in [0.29, 0.717) is 6.07 Å². The summed E-state index contributed by atoms with van der Waals surface area (Å²) in [7, 11) is 0. The molecule has 0 bridgehead atoms. The summed E-state index contributed by atoms with van der Waals surface area (Å²) in [5, 5.41) is 1.97. The predicted molar refractivity (Wildman–Crippen MR) is 55.6 cm³/mol. The van der Waals surface area contributed by atoms with E-state index in [9.17, 15) is 26.3 Å². The summed E-state index contributed by atoms with van der Waals surface area (Å²) >= 11 is 5.42. The van der Waals surface area contributed by atoms with Crippen LogP contribution in [0.1, 0.15) is 12.0 Å². The topological polar surface area (TPSA) is 12.0 Å². The van der Waals surface area contributed by atoms with Gasteiger partial charge in [-0.15, -0.1) is 0 Å². The van der Waals surface area contributed by atoms with Crippen molar-refractivity contribution in [3.63, 3.8) is 0 Å². The van der Waals surface area contributed by atoms with E-state index in [4.69, 9.17) is 11.6 Å². The Kier molecular flexibility index (Phi) is 4.37. The van der Waals surface area contributed by atoms with E-state index >= 15 is 0 Å². The summed E-state index contributed by atoms with van der Waals surface area (Å²) in [6, 6.07) is 2.84. The number of halogens is 7. The van der Waals surface area contributed by atoms with Gasteiger partial charge in [-0.25, -0.2) is 0 Å². The largest absolute Gasteiger partial charge is 0.418 e. The quantitative estimate of drug-likeness (QED) is 0.794. The molecule has 0 aromatic heterocycles. The third-order valence-electron chi connectivity index (χ3n) is 2.01. The number of alkyl halides is 6. The zero-order valence-electron chi connectivity index (χ0n) is 8.79. The highest BCUT2D eigenvalue weighted by Crippen LogP contribution is 2.36. The predicted octanol–water partition coefficient (Wildman–Crippen LogP) is 4.72. The summed E-state index contributed by atoms with van der Waals surface area (Å²) in [5.74, 6) is 0. The van der Waals surface area contributed by atoms with E-state index in [1.807, 2.05) is 0 Å². The molecule has 1 aromatic carbocycles. The molecule has 0 spiro atoms. The van der Waals surface area contributed by atoms with Crippen molar-refractivity contribution in [2.45, 2.75) is 18.8 Å². The van der Waals surface area contributed by atoms with Crippen LogP contribution < -0.4 is 5.32 Å². The van der Waals surface area contributed by atoms with Gasteiger partial charge in [-0.05, 0) is 18.2 Å². The first-order chi connectivity index (χ1) is 8.09. The number of hydrogen-bond acceptors (Lipinski definition) is 1. The van der Waals surface area contributed by atoms with E-state index < -0.39 is 36.6 Å². The second-order valence-corrected chi connectivity index (χ2v) is 3.92. The van der Waals surface area contributed by atoms with Crippen molar-refractivity contribution in [3.05, 3.63) is 28.8 Å². The summed E-state index contributed by atoms with van der Waals surface area (Å²) < 4.78 is 73.3. The fraction of sp³-hybridized carbons (Fsp3) is 0.400. The Morgan fingerprint density at radius 2 is 1.67 bits per heavy atom. The van der Waals surface area contributed by atoms with Crippen molar-refractivity contribution in [1.29, 1.82) is 0 Å². The van der Waals surface area contributed by atoms with Crippen LogP contribution in [0.25, 0.3) is 0 Å². The van der Waals surface area contributed by atoms with E-state index in [1.54, 1.807) is 0 Å². The molecule has 0 atom stereocenters. The van der Waals surface area contributed by atoms with Crippen LogP contribution in [0.2, 0.25) is 5.02 Å². The summed E-state index contributed by atoms with van der Waals surface area (Å²) in [5.41, 5.74) is -1.51. The number of hydrogen-bond donors (Lipinski definition) is 1. The van der Waals surface area contributed by atoms with Gasteiger partial charge in [0.25, 0.3) is 0 Å². The lowest BCUT2D eigenvalue weighted by Gasteiger charge is -2.15. The maximum absolute atomic E-state index is 12.6. The molecule has 18 heavy (non-hydrogen) atoms. The summed E-state index contributed by atoms with van der Waals surface area (Å²) in [6.45, 7) is -0.631. The van der Waals surface area contributed by atoms with Crippen LogP contribution in [-0.2, 0) is 6.18 Å². The Labute approximate surface area is 104 Å². The van der Waals surface area contributed by atoms with Gasteiger partial charge in [0.05, 0.1) is 12.0 Å². The maximum Gasteiger partial charge on any atom is 0.418 e. The molecule has 0 aliphatic carbocycles. The molecule has 0 radical (unpaired) electrons. The first-order valence-electron chi connectivity index (χ1n) is 4.77. The SMILES string of the molecule is FC(F)(F)CCNc1ccc(Cl)cc1C(F)(F)F. The van der Waals surface area contributed by atoms with Crippen molar-refractivity contribution in [2.24, 2.45) is 0 Å². The van der Waals surface area contributed by atoms with Gasteiger partial charge in [0, 0.05) is 17.3 Å². The fourth-order valence-corrected chi connectivity index (χ4v) is 1.42. The molecule has 0 unspecified atom stereocenters. The van der Waals surface area contributed by atoms with Crippen molar-refractivity contribution in [2.75, 3.05) is 11.9 Å². The van der Waals surface area contributed by atoms with Crippen LogP contribution >= 0.6 is 11.6 Å². The zero-order chi connectivity index (χ0) is 14.0. The molecular formula is C10H8ClF6N. The normalized spacial score (nSPS) is 12.6. The van der Waals surface area contributed by atoms with Crippen LogP contribution in [0.3, 0.4) is 0 Å². The van der Waals surface area contributed by atoms with Crippen LogP contribution in [0.4, 0.5) is 32.0 Å². The van der Waals surface area contributed by atoms with E-state index in [2.05, 4.69) is 5.32 Å². The molecule has 102 valence electrons. The highest BCUT2D eigenvalue weighted by molar-refractivity contribution is 6.30. The van der Waals surface area contributed by atoms with E-state index in [1.165, 1.54) is 6.07 Å². The molecule has 0 saturated carbocycles. The minimum Gasteiger partial charge on any atom is -0.384 e. The number of benzene rings is 1. The Morgan fingerprint density at radius 1 is 1.06 bits per heavy atom. The first kappa shape index (κ1) is 14.9. The van der Waals surface area contributed by atoms with E-state index in [0.717, 1.165) is 6.07 Å². The minimum absolute atomic E-state index is 0.135. The molecule has 0 aliphatic heterocycles. The van der Waals surface area contributed by atoms with Gasteiger partial charge in [-0.1, -0.05) is 11.6 Å². The lowest BCUT2D eigenvalue weighted by atomic mass is 10.1. The number of rotatable bonds is 3. The molecule has 0 fully saturated rings. The molecule has 1 N–H and O–H groups in total. The second-order valence-electron chi connectivity index (χ2n) is 3.48. The number of anilines is 1. The van der Waals surface area contributed by atoms with Gasteiger partial charge in [0.1, 0.15) is 0 Å². The molecule has 1 aromatic rings. The number of nitrogens with one attached hydrogen (secondary N) is 1. The van der Waals surface area contributed by atoms with Crippen molar-refractivity contribution in [1.82, 2.24) is 0 Å². The Bertz CT molecular complexity index is 412. The molecule has 0 heterocycles. The van der Waals surface area contributed by atoms with Gasteiger partial charge in [0.15, 0.2) is 0 Å². The van der Waals surface area contributed by atoms with Gasteiger partial charge < -0.3 is 5.32 Å². The monoisotopic (exact) mass is 291 g/mol. The Morgan fingerprint density at radius 3 is 2.17 bits per heavy atom. The standard InChI is InChI=1S/C10H8ClF6N/c11-6-1-2-8(7(5-6)10(15,16)17)18-4-3-9(12,13)14/h1-2,5,18H,3-4H2. The highest BCUT2D eigenvalue weighted by atomic mass is 35.5. The lowest BCUT2D eigenvalue weighted by Crippen LogP contribution is -2.17. The highest BCUT2D eigenvalue weighted by Gasteiger charge is 2.34. The second kappa shape index (κ2) is 5.26. The minimum atomic E-state index is -4.68. The van der Waals surface area contributed by atoms with Gasteiger partial charge in [0.2, 0.25) is 0 Å². The molecule has 0 amide bonds. The molecular weight excluding hydrogens is 284 g/mol. The lowest BCUT2D eigenvalue weighted by molar-refractivity contribution is -0.137.